The van der Waals surface area contributed by atoms with Gasteiger partial charge < -0.3 is 17.7 Å². The number of para-hydroxylation sites is 1. The van der Waals surface area contributed by atoms with Crippen LogP contribution < -0.4 is 18.3 Å². The van der Waals surface area contributed by atoms with E-state index in [4.69, 9.17) is 38.1 Å². The fourth-order valence-corrected chi connectivity index (χ4v) is 16.0. The Labute approximate surface area is 637 Å². The van der Waals surface area contributed by atoms with Gasteiger partial charge in [0.05, 0.1) is 22.1 Å². The Hall–Kier alpha value is -12.8. The third-order valence-electron chi connectivity index (χ3n) is 21.9. The van der Waals surface area contributed by atoms with Crippen molar-refractivity contribution in [3.63, 3.8) is 0 Å². The topological polar surface area (TPSA) is 120 Å². The Morgan fingerprint density at radius 3 is 1.05 bits per heavy atom. The normalized spacial score (nSPS) is 13.6. The maximum Gasteiger partial charge on any atom is 0.228 e. The summed E-state index contributed by atoms with van der Waals surface area (Å²) in [7, 11) is 8.13. The van der Waals surface area contributed by atoms with Gasteiger partial charge >= 0.3 is 0 Å². The Balaban J connectivity index is 0.000000105. The zero-order valence-corrected chi connectivity index (χ0v) is 62.8. The van der Waals surface area contributed by atoms with E-state index in [0.717, 1.165) is 168 Å². The monoisotopic (exact) mass is 1430 g/mol. The van der Waals surface area contributed by atoms with Crippen LogP contribution in [-0.4, -0.2) is 19.9 Å². The molecular formula is C97H84N8O4+4. The highest BCUT2D eigenvalue weighted by atomic mass is 16.4. The van der Waals surface area contributed by atoms with Gasteiger partial charge in [0, 0.05) is 117 Å². The quantitative estimate of drug-likeness (QED) is 0.156. The third-order valence-corrected chi connectivity index (χ3v) is 21.9. The van der Waals surface area contributed by atoms with Crippen LogP contribution in [0.15, 0.2) is 261 Å². The molecule has 109 heavy (non-hydrogen) atoms. The molecule has 1 fully saturated rings. The molecule has 0 N–H and O–H groups in total. The van der Waals surface area contributed by atoms with Gasteiger partial charge in [-0.25, -0.2) is 19.9 Å². The van der Waals surface area contributed by atoms with Crippen LogP contribution in [0.5, 0.6) is 0 Å². The minimum absolute atomic E-state index is 0.354. The lowest BCUT2D eigenvalue weighted by atomic mass is 9.84. The molecule has 21 rings (SSSR count). The average molecular weight is 1430 g/mol. The fraction of sp³-hybridized carbons (Fsp3) is 0.175. The first-order valence-corrected chi connectivity index (χ1v) is 37.4. The minimum Gasteiger partial charge on any atom is -0.431 e. The summed E-state index contributed by atoms with van der Waals surface area (Å²) in [5.74, 6) is -0.479. The predicted octanol–water partition coefficient (Wildman–Crippen LogP) is 22.7. The molecule has 8 aromatic carbocycles. The van der Waals surface area contributed by atoms with Gasteiger partial charge in [-0.2, -0.15) is 18.3 Å². The highest BCUT2D eigenvalue weighted by Gasteiger charge is 2.25. The van der Waals surface area contributed by atoms with E-state index in [1.165, 1.54) is 56.8 Å². The fourth-order valence-electron chi connectivity index (χ4n) is 16.0. The van der Waals surface area contributed by atoms with E-state index in [9.17, 15) is 0 Å². The van der Waals surface area contributed by atoms with Crippen molar-refractivity contribution in [2.24, 2.45) is 28.2 Å². The molecule has 0 radical (unpaired) electrons. The van der Waals surface area contributed by atoms with Crippen molar-refractivity contribution in [2.45, 2.75) is 86.4 Å². The zero-order valence-electron chi connectivity index (χ0n) is 66.8. The van der Waals surface area contributed by atoms with Gasteiger partial charge in [-0.05, 0) is 179 Å². The summed E-state index contributed by atoms with van der Waals surface area (Å²) in [4.78, 5) is 19.1. The van der Waals surface area contributed by atoms with Crippen molar-refractivity contribution in [3.8, 4) is 45.0 Å². The van der Waals surface area contributed by atoms with E-state index in [1.54, 1.807) is 12.1 Å². The molecule has 1 aliphatic rings. The number of aromatic nitrogens is 8. The Morgan fingerprint density at radius 1 is 0.312 bits per heavy atom. The van der Waals surface area contributed by atoms with E-state index in [0.29, 0.717) is 28.4 Å². The molecule has 1 aliphatic carbocycles. The lowest BCUT2D eigenvalue weighted by Crippen LogP contribution is -2.30. The highest BCUT2D eigenvalue weighted by molar-refractivity contribution is 6.11. The molecule has 0 amide bonds. The number of aryl methyl sites for hydroxylation is 11. The van der Waals surface area contributed by atoms with Gasteiger partial charge in [0.1, 0.15) is 28.2 Å². The number of benzene rings is 8. The minimum atomic E-state index is -2.11. The van der Waals surface area contributed by atoms with Crippen molar-refractivity contribution in [1.82, 2.24) is 19.9 Å². The first-order chi connectivity index (χ1) is 54.5. The average Bonchev–Trinajstić information content (AvgIpc) is 1.63. The lowest BCUT2D eigenvalue weighted by Gasteiger charge is -2.22. The Kier molecular flexibility index (Phi) is 16.0. The molecule has 0 spiro atoms. The summed E-state index contributed by atoms with van der Waals surface area (Å²) in [6.07, 6.45) is 13.5. The highest BCUT2D eigenvalue weighted by Crippen LogP contribution is 2.40. The third kappa shape index (κ3) is 12.7. The molecule has 0 aliphatic heterocycles. The molecule has 1 saturated carbocycles. The van der Waals surface area contributed by atoms with E-state index >= 15 is 0 Å². The largest absolute Gasteiger partial charge is 0.431 e. The smallest absolute Gasteiger partial charge is 0.228 e. The molecule has 0 bridgehead atoms. The van der Waals surface area contributed by atoms with Crippen LogP contribution in [0.1, 0.15) is 88.0 Å². The number of nitrogens with zero attached hydrogens (tertiary/aromatic N) is 8. The van der Waals surface area contributed by atoms with Gasteiger partial charge in [-0.1, -0.05) is 146 Å². The first kappa shape index (κ1) is 63.5. The van der Waals surface area contributed by atoms with Crippen LogP contribution in [0, 0.1) is 48.4 Å². The molecule has 532 valence electrons. The summed E-state index contributed by atoms with van der Waals surface area (Å²) in [6, 6.07) is 75.2. The van der Waals surface area contributed by atoms with Crippen molar-refractivity contribution < 1.29 is 41.4 Å². The van der Waals surface area contributed by atoms with Crippen molar-refractivity contribution in [1.29, 1.82) is 0 Å². The van der Waals surface area contributed by atoms with E-state index in [2.05, 4.69) is 269 Å². The van der Waals surface area contributed by atoms with Crippen LogP contribution >= 0.6 is 0 Å². The van der Waals surface area contributed by atoms with Crippen molar-refractivity contribution >= 4 is 132 Å². The molecule has 0 atom stereocenters. The van der Waals surface area contributed by atoms with Gasteiger partial charge in [-0.15, -0.1) is 0 Å². The van der Waals surface area contributed by atoms with Crippen LogP contribution in [0.2, 0.25) is 0 Å². The van der Waals surface area contributed by atoms with E-state index < -0.39 is 12.7 Å². The molecule has 0 unspecified atom stereocenters. The van der Waals surface area contributed by atoms with Crippen LogP contribution in [-0.2, 0) is 28.2 Å². The number of hydrogen-bond donors (Lipinski definition) is 0. The lowest BCUT2D eigenvalue weighted by molar-refractivity contribution is -0.659. The molecule has 20 aromatic rings. The predicted molar refractivity (Wildman–Crippen MR) is 442 cm³/mol. The molecule has 12 heterocycles. The van der Waals surface area contributed by atoms with Gasteiger partial charge in [0.25, 0.3) is 0 Å². The van der Waals surface area contributed by atoms with E-state index in [-0.39, 0.29) is 0 Å². The summed E-state index contributed by atoms with van der Waals surface area (Å²) in [6.45, 7) is 10.4. The first-order valence-electron chi connectivity index (χ1n) is 39.4. The zero-order chi connectivity index (χ0) is 77.9. The molecule has 12 heteroatoms. The van der Waals surface area contributed by atoms with Crippen LogP contribution in [0.3, 0.4) is 0 Å². The van der Waals surface area contributed by atoms with Gasteiger partial charge in [0.15, 0.2) is 0 Å². The number of rotatable bonds is 5. The van der Waals surface area contributed by atoms with Crippen LogP contribution in [0.25, 0.3) is 177 Å². The maximum absolute atomic E-state index is 8.98. The van der Waals surface area contributed by atoms with Crippen molar-refractivity contribution in [3.05, 3.63) is 288 Å². The molecule has 0 saturated heterocycles. The molecular weight excluding hydrogens is 1340 g/mol. The second-order valence-electron chi connectivity index (χ2n) is 29.6. The van der Waals surface area contributed by atoms with Crippen LogP contribution in [0.4, 0.5) is 0 Å². The van der Waals surface area contributed by atoms with Gasteiger partial charge in [0.2, 0.25) is 92.7 Å². The second kappa shape index (κ2) is 27.5. The number of hydrogen-bond acceptors (Lipinski definition) is 8. The number of furan rings is 4. The number of fused-ring (bicyclic) bond motifs is 16. The molecule has 12 aromatic heterocycles. The SMILES string of the molecule is Cc1ccc2cc3c(nc2c1)oc1c[n+](C)c(-c2ccccc2C)cc13.Cc1ccccc1-c1cc2c(c[n+]1C)oc1nc3ccccc3cc12.[2H]C([2H])([2H])c1ccc(-c2cc3c(c[n+]2C)oc2nc4cc(C)ccc4cc23)c(C)c1.[2H]C1(c2ccc3cc4c(nc3c2)oc2c[n+](C)c(-c3ccccc3C)cc24)CCCCC1. The van der Waals surface area contributed by atoms with Gasteiger partial charge in [-0.3, -0.25) is 0 Å². The summed E-state index contributed by atoms with van der Waals surface area (Å²) in [5, 5.41) is 12.8. The maximum atomic E-state index is 8.98. The number of pyridine rings is 8. The summed E-state index contributed by atoms with van der Waals surface area (Å²) in [5.41, 5.74) is 27.4. The standard InChI is InChI=1S/C28H27N2O.C24H21N2O.C23H19N2O.C22H17N2O/c1-18-8-6-7-11-22(18)26-16-23-24-14-21-13-12-20(19-9-4-3-5-10-19)15-25(21)29-28(24)31-27(23)17-30(26)2;1-14-6-8-18(16(3)9-14)22-12-19-20-11-17-7-5-15(2)10-21(17)25-24(20)27-23(19)13-26(22)4;1-14-8-9-16-11-19-18-12-21(17-7-5-4-6-15(17)2)25(3)13-22(18)26-23(19)24-20(16)10-14;1-14-7-3-5-9-16(14)20-12-17-18-11-15-8-4-6-10-19(15)23-22(18)25-21(17)13-24(20)2/h6-8,11-17,19H,3-5,9-10H2,1-2H3;5-13H,1-4H3;4-13H,1-3H3;3-13H,1-2H3/q4*+1/i19D;1D3;;. The second-order valence-corrected chi connectivity index (χ2v) is 29.6. The summed E-state index contributed by atoms with van der Waals surface area (Å²) < 4.78 is 64.7. The Morgan fingerprint density at radius 2 is 0.651 bits per heavy atom. The van der Waals surface area contributed by atoms with Crippen molar-refractivity contribution in [2.75, 3.05) is 0 Å². The molecule has 12 nitrogen and oxygen atoms in total. The van der Waals surface area contributed by atoms with E-state index in [1.807, 2.05) is 55.2 Å². The Bertz CT molecular complexity index is 7270. The summed E-state index contributed by atoms with van der Waals surface area (Å²) >= 11 is 0.